The average Bonchev–Trinajstić information content (AvgIpc) is 3.36. The Balaban J connectivity index is 1.38. The summed E-state index contributed by atoms with van der Waals surface area (Å²) in [4.78, 5) is 1.76. The summed E-state index contributed by atoms with van der Waals surface area (Å²) < 4.78 is 24.7. The third-order valence-corrected chi connectivity index (χ3v) is 5.12. The van der Waals surface area contributed by atoms with Crippen molar-refractivity contribution in [1.82, 2.24) is 14.6 Å². The largest absolute Gasteiger partial charge is 0.485 e. The first kappa shape index (κ1) is 14.8. The highest BCUT2D eigenvalue weighted by Gasteiger charge is 2.16. The third-order valence-electron chi connectivity index (χ3n) is 3.71. The monoisotopic (exact) mass is 419 g/mol. The Hall–Kier alpha value is -2.52. The van der Waals surface area contributed by atoms with Crippen molar-refractivity contribution in [2.45, 2.75) is 6.61 Å². The zero-order chi connectivity index (χ0) is 16.8. The number of thiazole rings is 1. The first-order valence-electron chi connectivity index (χ1n) is 7.38. The molecule has 4 aromatic rings. The van der Waals surface area contributed by atoms with Crippen molar-refractivity contribution in [3.8, 4) is 27.9 Å². The van der Waals surface area contributed by atoms with Gasteiger partial charge < -0.3 is 18.6 Å². The van der Waals surface area contributed by atoms with E-state index in [1.54, 1.807) is 6.07 Å². The molecule has 1 aliphatic rings. The molecule has 0 atom stereocenters. The number of nitrogens with zero attached hydrogens (tertiary/aromatic N) is 3. The van der Waals surface area contributed by atoms with Crippen LogP contribution in [0.3, 0.4) is 0 Å². The van der Waals surface area contributed by atoms with Gasteiger partial charge >= 0.3 is 0 Å². The van der Waals surface area contributed by atoms with Gasteiger partial charge in [-0.1, -0.05) is 11.3 Å². The molecule has 5 rings (SSSR count). The number of furan rings is 1. The van der Waals surface area contributed by atoms with Gasteiger partial charge in [-0.15, -0.1) is 10.2 Å². The van der Waals surface area contributed by atoms with E-state index in [-0.39, 0.29) is 6.79 Å². The molecule has 0 spiro atoms. The summed E-state index contributed by atoms with van der Waals surface area (Å²) in [5.74, 6) is 3.59. The van der Waals surface area contributed by atoms with E-state index < -0.39 is 0 Å². The average molecular weight is 420 g/mol. The molecule has 0 N–H and O–H groups in total. The van der Waals surface area contributed by atoms with Crippen LogP contribution in [-0.4, -0.2) is 21.4 Å². The number of aromatic nitrogens is 3. The molecule has 1 aliphatic heterocycles. The number of ether oxygens (including phenoxy) is 3. The zero-order valence-corrected chi connectivity index (χ0v) is 15.0. The van der Waals surface area contributed by atoms with E-state index in [0.29, 0.717) is 28.6 Å². The Labute approximate surface area is 153 Å². The second-order valence-electron chi connectivity index (χ2n) is 5.27. The molecule has 0 aliphatic carbocycles. The molecule has 0 amide bonds. The summed E-state index contributed by atoms with van der Waals surface area (Å²) in [7, 11) is 0. The van der Waals surface area contributed by atoms with Crippen molar-refractivity contribution in [2.75, 3.05) is 6.79 Å². The predicted octanol–water partition coefficient (Wildman–Crippen LogP) is 4.12. The highest BCUT2D eigenvalue weighted by molar-refractivity contribution is 9.10. The van der Waals surface area contributed by atoms with Gasteiger partial charge in [-0.05, 0) is 40.2 Å². The SMILES string of the molecule is Brc1ccc(-c2cn3c(COc4ccc5c(c4)OCO5)nnc3s2)o1. The fourth-order valence-electron chi connectivity index (χ4n) is 2.52. The van der Waals surface area contributed by atoms with Gasteiger partial charge in [0, 0.05) is 12.3 Å². The van der Waals surface area contributed by atoms with Crippen LogP contribution < -0.4 is 14.2 Å². The number of halogens is 1. The first-order valence-corrected chi connectivity index (χ1v) is 8.99. The van der Waals surface area contributed by atoms with Crippen molar-refractivity contribution in [3.05, 3.63) is 47.0 Å². The summed E-state index contributed by atoms with van der Waals surface area (Å²) in [5, 5.41) is 8.38. The Morgan fingerprint density at radius 2 is 2.08 bits per heavy atom. The first-order chi connectivity index (χ1) is 12.3. The summed E-state index contributed by atoms with van der Waals surface area (Å²) in [6.45, 7) is 0.531. The van der Waals surface area contributed by atoms with Gasteiger partial charge in [0.15, 0.2) is 22.0 Å². The highest BCUT2D eigenvalue weighted by Crippen LogP contribution is 2.35. The van der Waals surface area contributed by atoms with Crippen molar-refractivity contribution >= 4 is 32.2 Å². The molecule has 0 unspecified atom stereocenters. The van der Waals surface area contributed by atoms with Crippen LogP contribution >= 0.6 is 27.3 Å². The van der Waals surface area contributed by atoms with Crippen molar-refractivity contribution in [1.29, 1.82) is 0 Å². The van der Waals surface area contributed by atoms with Crippen LogP contribution in [0.4, 0.5) is 0 Å². The summed E-state index contributed by atoms with van der Waals surface area (Å²) in [6.07, 6.45) is 1.95. The van der Waals surface area contributed by atoms with Crippen LogP contribution in [0.1, 0.15) is 5.82 Å². The van der Waals surface area contributed by atoms with Gasteiger partial charge in [0.1, 0.15) is 18.1 Å². The molecule has 4 heterocycles. The Kier molecular flexibility index (Phi) is 3.42. The van der Waals surface area contributed by atoms with Gasteiger partial charge in [0.25, 0.3) is 0 Å². The van der Waals surface area contributed by atoms with Gasteiger partial charge in [0.05, 0.1) is 4.88 Å². The van der Waals surface area contributed by atoms with Crippen LogP contribution in [0.5, 0.6) is 17.2 Å². The standard InChI is InChI=1S/C16H10BrN3O4S/c17-14-4-3-11(24-14)13-6-20-15(18-19-16(20)25-13)7-21-9-1-2-10-12(5-9)23-8-22-10/h1-6H,7-8H2. The molecule has 0 saturated heterocycles. The molecule has 0 bridgehead atoms. The van der Waals surface area contributed by atoms with Crippen LogP contribution in [0.2, 0.25) is 0 Å². The molecule has 126 valence electrons. The Morgan fingerprint density at radius 3 is 2.96 bits per heavy atom. The van der Waals surface area contributed by atoms with Crippen LogP contribution in [0.25, 0.3) is 15.6 Å². The summed E-state index contributed by atoms with van der Waals surface area (Å²) in [5.41, 5.74) is 0. The summed E-state index contributed by atoms with van der Waals surface area (Å²) >= 11 is 4.82. The minimum atomic E-state index is 0.240. The maximum atomic E-state index is 5.82. The smallest absolute Gasteiger partial charge is 0.231 e. The van der Waals surface area contributed by atoms with E-state index in [1.165, 1.54) is 11.3 Å². The van der Waals surface area contributed by atoms with Gasteiger partial charge in [-0.2, -0.15) is 0 Å². The normalized spacial score (nSPS) is 12.8. The lowest BCUT2D eigenvalue weighted by Crippen LogP contribution is -2.00. The third kappa shape index (κ3) is 2.65. The van der Waals surface area contributed by atoms with Crippen molar-refractivity contribution in [3.63, 3.8) is 0 Å². The number of hydrogen-bond donors (Lipinski definition) is 0. The maximum Gasteiger partial charge on any atom is 0.231 e. The number of hydrogen-bond acceptors (Lipinski definition) is 7. The summed E-state index contributed by atoms with van der Waals surface area (Å²) in [6, 6.07) is 9.24. The van der Waals surface area contributed by atoms with Crippen LogP contribution in [0.15, 0.2) is 45.6 Å². The molecular weight excluding hydrogens is 410 g/mol. The number of fused-ring (bicyclic) bond motifs is 2. The molecule has 1 aromatic carbocycles. The molecule has 0 saturated carbocycles. The fraction of sp³-hybridized carbons (Fsp3) is 0.125. The maximum absolute atomic E-state index is 5.82. The van der Waals surface area contributed by atoms with Crippen molar-refractivity contribution in [2.24, 2.45) is 0 Å². The predicted molar refractivity (Wildman–Crippen MR) is 93.2 cm³/mol. The molecule has 7 nitrogen and oxygen atoms in total. The van der Waals surface area contributed by atoms with E-state index in [0.717, 1.165) is 21.3 Å². The minimum Gasteiger partial charge on any atom is -0.485 e. The molecule has 0 radical (unpaired) electrons. The quantitative estimate of drug-likeness (QED) is 0.495. The van der Waals surface area contributed by atoms with Gasteiger partial charge in [-0.3, -0.25) is 4.40 Å². The van der Waals surface area contributed by atoms with E-state index in [9.17, 15) is 0 Å². The van der Waals surface area contributed by atoms with E-state index in [4.69, 9.17) is 18.6 Å². The zero-order valence-electron chi connectivity index (χ0n) is 12.6. The van der Waals surface area contributed by atoms with Crippen LogP contribution in [-0.2, 0) is 6.61 Å². The second-order valence-corrected chi connectivity index (χ2v) is 7.06. The lowest BCUT2D eigenvalue weighted by atomic mass is 10.3. The van der Waals surface area contributed by atoms with Gasteiger partial charge in [-0.25, -0.2) is 0 Å². The Morgan fingerprint density at radius 1 is 1.16 bits per heavy atom. The van der Waals surface area contributed by atoms with Crippen molar-refractivity contribution < 1.29 is 18.6 Å². The lowest BCUT2D eigenvalue weighted by molar-refractivity contribution is 0.173. The molecule has 25 heavy (non-hydrogen) atoms. The lowest BCUT2D eigenvalue weighted by Gasteiger charge is -2.05. The molecule has 3 aromatic heterocycles. The fourth-order valence-corrected chi connectivity index (χ4v) is 3.73. The Bertz CT molecular complexity index is 1070. The molecular formula is C16H10BrN3O4S. The molecule has 9 heteroatoms. The van der Waals surface area contributed by atoms with Gasteiger partial charge in [0.2, 0.25) is 11.8 Å². The topological polar surface area (TPSA) is 71.0 Å². The second kappa shape index (κ2) is 5.78. The van der Waals surface area contributed by atoms with E-state index in [1.807, 2.05) is 34.9 Å². The minimum absolute atomic E-state index is 0.240. The highest BCUT2D eigenvalue weighted by atomic mass is 79.9. The van der Waals surface area contributed by atoms with E-state index >= 15 is 0 Å². The molecule has 0 fully saturated rings. The van der Waals surface area contributed by atoms with Crippen LogP contribution in [0, 0.1) is 0 Å². The van der Waals surface area contributed by atoms with E-state index in [2.05, 4.69) is 26.1 Å². The number of rotatable bonds is 4. The number of benzene rings is 1.